The third-order valence-electron chi connectivity index (χ3n) is 6.97. The molecule has 5 nitrogen and oxygen atoms in total. The van der Waals surface area contributed by atoms with E-state index in [0.29, 0.717) is 0 Å². The minimum absolute atomic E-state index is 0.440. The Balaban J connectivity index is 1.23. The van der Waals surface area contributed by atoms with Crippen molar-refractivity contribution >= 4 is 28.0 Å². The first-order valence-corrected chi connectivity index (χ1v) is 12.5. The summed E-state index contributed by atoms with van der Waals surface area (Å²) in [5, 5.41) is 18.6. The molecule has 1 unspecified atom stereocenters. The number of benzene rings is 2. The highest BCUT2D eigenvalue weighted by atomic mass is 16.3. The van der Waals surface area contributed by atoms with Crippen molar-refractivity contribution in [2.45, 2.75) is 58.5 Å². The maximum absolute atomic E-state index is 10.1. The van der Waals surface area contributed by atoms with Gasteiger partial charge in [-0.15, -0.1) is 0 Å². The van der Waals surface area contributed by atoms with Crippen LogP contribution >= 0.6 is 0 Å². The van der Waals surface area contributed by atoms with E-state index in [1.54, 1.807) is 6.20 Å². The van der Waals surface area contributed by atoms with Crippen molar-refractivity contribution in [1.82, 2.24) is 9.97 Å². The number of aromatic amines is 1. The number of unbranched alkanes of at least 4 members (excludes halogenated alkanes) is 1. The highest BCUT2D eigenvalue weighted by Crippen LogP contribution is 2.35. The molecule has 0 bridgehead atoms. The van der Waals surface area contributed by atoms with Crippen molar-refractivity contribution in [2.24, 2.45) is 0 Å². The summed E-state index contributed by atoms with van der Waals surface area (Å²) in [6.07, 6.45) is 9.67. The molecule has 2 heterocycles. The van der Waals surface area contributed by atoms with Gasteiger partial charge in [-0.3, -0.25) is 4.98 Å². The number of H-pyrrole nitrogens is 1. The smallest absolute Gasteiger partial charge is 0.0966 e. The quantitative estimate of drug-likeness (QED) is 0.230. The number of aliphatic hydroxyl groups excluding tert-OH is 1. The van der Waals surface area contributed by atoms with Crippen molar-refractivity contribution in [3.05, 3.63) is 82.8 Å². The molecule has 4 N–H and O–H groups in total. The molecule has 0 aliphatic heterocycles. The molecule has 5 heteroatoms. The normalized spacial score (nSPS) is 15.0. The van der Waals surface area contributed by atoms with Gasteiger partial charge in [0.25, 0.3) is 0 Å². The number of para-hydroxylation sites is 1. The van der Waals surface area contributed by atoms with Gasteiger partial charge in [0, 0.05) is 46.9 Å². The van der Waals surface area contributed by atoms with Crippen LogP contribution in [0.1, 0.15) is 60.2 Å². The lowest BCUT2D eigenvalue weighted by Crippen LogP contribution is -2.06. The van der Waals surface area contributed by atoms with Gasteiger partial charge in [0.2, 0.25) is 0 Å². The standard InChI is InChI=1S/C29H34N4O/c1-3-4-6-20-7-5-8-23-21(18-32-28(20)23)13-15-30-25-11-9-22(17-19(25)2)33-26-14-16-31-29-24(26)10-12-27(29)34/h5,7-9,11,14,16-18,27,30,32,34H,3-4,6,10,12-13,15H2,1-2H3,(H,31,33). The van der Waals surface area contributed by atoms with Gasteiger partial charge in [0.15, 0.2) is 0 Å². The summed E-state index contributed by atoms with van der Waals surface area (Å²) < 4.78 is 0. The van der Waals surface area contributed by atoms with Gasteiger partial charge >= 0.3 is 0 Å². The third kappa shape index (κ3) is 4.53. The molecule has 2 aromatic heterocycles. The second-order valence-corrected chi connectivity index (χ2v) is 9.37. The van der Waals surface area contributed by atoms with Crippen molar-refractivity contribution in [2.75, 3.05) is 17.2 Å². The lowest BCUT2D eigenvalue weighted by molar-refractivity contribution is 0.176. The van der Waals surface area contributed by atoms with Gasteiger partial charge in [-0.1, -0.05) is 31.5 Å². The monoisotopic (exact) mass is 454 g/mol. The number of anilines is 3. The Labute approximate surface area is 201 Å². The topological polar surface area (TPSA) is 73.0 Å². The summed E-state index contributed by atoms with van der Waals surface area (Å²) in [6, 6.07) is 15.1. The van der Waals surface area contributed by atoms with Crippen molar-refractivity contribution in [3.8, 4) is 0 Å². The van der Waals surface area contributed by atoms with Gasteiger partial charge in [0.1, 0.15) is 0 Å². The molecule has 0 saturated heterocycles. The maximum atomic E-state index is 10.1. The average Bonchev–Trinajstić information content (AvgIpc) is 3.44. The molecule has 34 heavy (non-hydrogen) atoms. The number of pyridine rings is 1. The zero-order chi connectivity index (χ0) is 23.5. The molecule has 0 spiro atoms. The Bertz CT molecular complexity index is 1290. The van der Waals surface area contributed by atoms with Gasteiger partial charge in [-0.2, -0.15) is 0 Å². The predicted molar refractivity (Wildman–Crippen MR) is 141 cm³/mol. The Morgan fingerprint density at radius 3 is 2.85 bits per heavy atom. The van der Waals surface area contributed by atoms with E-state index in [1.165, 1.54) is 40.4 Å². The van der Waals surface area contributed by atoms with Gasteiger partial charge in [-0.25, -0.2) is 0 Å². The molecule has 1 atom stereocenters. The van der Waals surface area contributed by atoms with Crippen LogP contribution in [0.3, 0.4) is 0 Å². The fraction of sp³-hybridized carbons (Fsp3) is 0.345. The number of aromatic nitrogens is 2. The first-order valence-electron chi connectivity index (χ1n) is 12.5. The number of fused-ring (bicyclic) bond motifs is 2. The SMILES string of the molecule is CCCCc1cccc2c(CCNc3ccc(Nc4ccnc5c4CCC5O)cc3C)c[nH]c12. The number of hydrogen-bond donors (Lipinski definition) is 4. The van der Waals surface area contributed by atoms with E-state index in [4.69, 9.17) is 0 Å². The lowest BCUT2D eigenvalue weighted by atomic mass is 10.0. The van der Waals surface area contributed by atoms with Crippen molar-refractivity contribution in [1.29, 1.82) is 0 Å². The summed E-state index contributed by atoms with van der Waals surface area (Å²) in [4.78, 5) is 7.88. The molecular formula is C29H34N4O. The van der Waals surface area contributed by atoms with Crippen LogP contribution < -0.4 is 10.6 Å². The van der Waals surface area contributed by atoms with Crippen molar-refractivity contribution < 1.29 is 5.11 Å². The molecular weight excluding hydrogens is 420 g/mol. The van der Waals surface area contributed by atoms with Crippen LogP contribution in [0.2, 0.25) is 0 Å². The van der Waals surface area contributed by atoms with Crippen LogP contribution in [-0.4, -0.2) is 21.6 Å². The molecule has 1 aliphatic rings. The molecule has 0 radical (unpaired) electrons. The van der Waals surface area contributed by atoms with Gasteiger partial charge in [0.05, 0.1) is 11.8 Å². The second kappa shape index (κ2) is 9.90. The third-order valence-corrected chi connectivity index (χ3v) is 6.97. The number of hydrogen-bond acceptors (Lipinski definition) is 4. The fourth-order valence-electron chi connectivity index (χ4n) is 5.08. The first-order chi connectivity index (χ1) is 16.6. The van der Waals surface area contributed by atoms with E-state index < -0.39 is 6.10 Å². The number of aryl methyl sites for hydroxylation is 2. The Morgan fingerprint density at radius 2 is 2.00 bits per heavy atom. The van der Waals surface area contributed by atoms with E-state index >= 15 is 0 Å². The number of nitrogens with zero attached hydrogens (tertiary/aromatic N) is 1. The fourth-order valence-corrected chi connectivity index (χ4v) is 5.08. The van der Waals surface area contributed by atoms with Crippen LogP contribution in [0.25, 0.3) is 10.9 Å². The number of aliphatic hydroxyl groups is 1. The van der Waals surface area contributed by atoms with Crippen LogP contribution in [0.5, 0.6) is 0 Å². The number of rotatable bonds is 9. The van der Waals surface area contributed by atoms with Gasteiger partial charge in [-0.05, 0) is 85.5 Å². The van der Waals surface area contributed by atoms with E-state index in [2.05, 4.69) is 77.0 Å². The Hall–Kier alpha value is -3.31. The van der Waals surface area contributed by atoms with E-state index in [9.17, 15) is 5.11 Å². The first kappa shape index (κ1) is 22.5. The predicted octanol–water partition coefficient (Wildman–Crippen LogP) is 6.59. The summed E-state index contributed by atoms with van der Waals surface area (Å²) in [7, 11) is 0. The van der Waals surface area contributed by atoms with Crippen LogP contribution in [-0.2, 0) is 19.3 Å². The summed E-state index contributed by atoms with van der Waals surface area (Å²) in [5.74, 6) is 0. The lowest BCUT2D eigenvalue weighted by Gasteiger charge is -2.14. The van der Waals surface area contributed by atoms with Crippen LogP contribution in [0.15, 0.2) is 54.9 Å². The summed E-state index contributed by atoms with van der Waals surface area (Å²) >= 11 is 0. The van der Waals surface area contributed by atoms with E-state index in [-0.39, 0.29) is 0 Å². The summed E-state index contributed by atoms with van der Waals surface area (Å²) in [6.45, 7) is 5.27. The second-order valence-electron chi connectivity index (χ2n) is 9.37. The summed E-state index contributed by atoms with van der Waals surface area (Å²) in [5.41, 5.74) is 10.5. The minimum Gasteiger partial charge on any atom is -0.387 e. The maximum Gasteiger partial charge on any atom is 0.0966 e. The molecule has 0 saturated carbocycles. The molecule has 1 aliphatic carbocycles. The van der Waals surface area contributed by atoms with Crippen LogP contribution in [0.4, 0.5) is 17.1 Å². The minimum atomic E-state index is -0.440. The largest absolute Gasteiger partial charge is 0.387 e. The average molecular weight is 455 g/mol. The number of nitrogens with one attached hydrogen (secondary N) is 3. The molecule has 0 amide bonds. The zero-order valence-corrected chi connectivity index (χ0v) is 20.1. The Morgan fingerprint density at radius 1 is 1.09 bits per heavy atom. The Kier molecular flexibility index (Phi) is 6.54. The molecule has 4 aromatic rings. The van der Waals surface area contributed by atoms with Crippen molar-refractivity contribution in [3.63, 3.8) is 0 Å². The van der Waals surface area contributed by atoms with E-state index in [0.717, 1.165) is 60.5 Å². The molecule has 5 rings (SSSR count). The molecule has 0 fully saturated rings. The molecule has 2 aromatic carbocycles. The highest BCUT2D eigenvalue weighted by Gasteiger charge is 2.24. The van der Waals surface area contributed by atoms with Crippen LogP contribution in [0, 0.1) is 6.92 Å². The van der Waals surface area contributed by atoms with Gasteiger partial charge < -0.3 is 20.7 Å². The highest BCUT2D eigenvalue weighted by molar-refractivity contribution is 5.86. The zero-order valence-electron chi connectivity index (χ0n) is 20.1. The molecule has 176 valence electrons. The van der Waals surface area contributed by atoms with E-state index in [1.807, 2.05) is 6.07 Å².